The number of aromatic nitrogens is 1. The quantitative estimate of drug-likeness (QED) is 0.640. The minimum absolute atomic E-state index is 0.101. The van der Waals surface area contributed by atoms with Gasteiger partial charge in [-0.2, -0.15) is 0 Å². The van der Waals surface area contributed by atoms with Crippen LogP contribution in [0, 0.1) is 0 Å². The van der Waals surface area contributed by atoms with Gasteiger partial charge in [0.15, 0.2) is 5.58 Å². The van der Waals surface area contributed by atoms with Crippen LogP contribution in [0.4, 0.5) is 0 Å². The molecule has 5 nitrogen and oxygen atoms in total. The number of para-hydroxylation sites is 2. The zero-order chi connectivity index (χ0) is 17.3. The Morgan fingerprint density at radius 2 is 2.08 bits per heavy atom. The summed E-state index contributed by atoms with van der Waals surface area (Å²) in [5.74, 6) is -0.609. The first kappa shape index (κ1) is 17.0. The zero-order valence-corrected chi connectivity index (χ0v) is 15.8. The number of oxazole rings is 1. The van der Waals surface area contributed by atoms with Crippen molar-refractivity contribution in [3.05, 3.63) is 55.6 Å². The van der Waals surface area contributed by atoms with Crippen LogP contribution in [0.1, 0.15) is 24.8 Å². The summed E-state index contributed by atoms with van der Waals surface area (Å²) in [7, 11) is 0. The van der Waals surface area contributed by atoms with E-state index < -0.39 is 11.8 Å². The molecule has 0 spiro atoms. The molecule has 126 valence electrons. The molecule has 0 N–H and O–H groups in total. The van der Waals surface area contributed by atoms with Crippen LogP contribution >= 0.6 is 27.3 Å². The predicted molar refractivity (Wildman–Crippen MR) is 98.3 cm³/mol. The molecule has 1 amide bonds. The fraction of sp³-hybridized carbons (Fsp3) is 0.294. The SMILES string of the molecule is CCN(Cc1ccc(Br)s1)C(=O)[C@H](C)n1c(=O)oc2ccccc21. The van der Waals surface area contributed by atoms with Gasteiger partial charge in [0.05, 0.1) is 15.8 Å². The second kappa shape index (κ2) is 6.94. The molecule has 0 bridgehead atoms. The largest absolute Gasteiger partial charge is 0.420 e. The van der Waals surface area contributed by atoms with Gasteiger partial charge in [0.1, 0.15) is 6.04 Å². The van der Waals surface area contributed by atoms with Gasteiger partial charge < -0.3 is 9.32 Å². The number of fused-ring (bicyclic) bond motifs is 1. The number of hydrogen-bond acceptors (Lipinski definition) is 4. The summed E-state index contributed by atoms with van der Waals surface area (Å²) in [6.07, 6.45) is 0. The van der Waals surface area contributed by atoms with Crippen molar-refractivity contribution in [2.45, 2.75) is 26.4 Å². The topological polar surface area (TPSA) is 55.5 Å². The summed E-state index contributed by atoms with van der Waals surface area (Å²) in [5.41, 5.74) is 1.13. The Labute approximate surface area is 151 Å². The maximum Gasteiger partial charge on any atom is 0.420 e. The smallest absolute Gasteiger partial charge is 0.408 e. The number of thiophene rings is 1. The normalized spacial score (nSPS) is 12.5. The highest BCUT2D eigenvalue weighted by Crippen LogP contribution is 2.24. The molecule has 0 unspecified atom stereocenters. The van der Waals surface area contributed by atoms with Gasteiger partial charge in [-0.05, 0) is 54.0 Å². The van der Waals surface area contributed by atoms with Gasteiger partial charge >= 0.3 is 5.76 Å². The average Bonchev–Trinajstić information content (AvgIpc) is 3.13. The summed E-state index contributed by atoms with van der Waals surface area (Å²) in [5, 5.41) is 0. The standard InChI is InChI=1S/C17H17BrN2O3S/c1-3-19(10-12-8-9-15(18)24-12)16(21)11(2)20-13-6-4-5-7-14(13)23-17(20)22/h4-9,11H,3,10H2,1-2H3/t11-/m0/s1. The maximum atomic E-state index is 12.9. The zero-order valence-electron chi connectivity index (χ0n) is 13.4. The van der Waals surface area contributed by atoms with Crippen LogP contribution in [0.5, 0.6) is 0 Å². The molecule has 7 heteroatoms. The number of halogens is 1. The van der Waals surface area contributed by atoms with Gasteiger partial charge in [-0.3, -0.25) is 9.36 Å². The van der Waals surface area contributed by atoms with Crippen molar-refractivity contribution in [3.63, 3.8) is 0 Å². The molecule has 0 saturated carbocycles. The second-order valence-electron chi connectivity index (χ2n) is 5.44. The molecule has 3 rings (SSSR count). The van der Waals surface area contributed by atoms with Crippen LogP contribution in [0.15, 0.2) is 49.4 Å². The molecule has 2 heterocycles. The Kier molecular flexibility index (Phi) is 4.91. The number of benzene rings is 1. The predicted octanol–water partition coefficient (Wildman–Crippen LogP) is 4.03. The van der Waals surface area contributed by atoms with Crippen molar-refractivity contribution in [2.24, 2.45) is 0 Å². The van der Waals surface area contributed by atoms with Crippen LogP contribution < -0.4 is 5.76 Å². The Morgan fingerprint density at radius 3 is 2.75 bits per heavy atom. The van der Waals surface area contributed by atoms with Crippen molar-refractivity contribution in [1.29, 1.82) is 0 Å². The summed E-state index contributed by atoms with van der Waals surface area (Å²) in [6.45, 7) is 4.77. The number of likely N-dealkylation sites (N-methyl/N-ethyl adjacent to an activating group) is 1. The van der Waals surface area contributed by atoms with Crippen molar-refractivity contribution in [2.75, 3.05) is 6.54 Å². The van der Waals surface area contributed by atoms with Crippen molar-refractivity contribution < 1.29 is 9.21 Å². The van der Waals surface area contributed by atoms with E-state index in [1.54, 1.807) is 41.4 Å². The third kappa shape index (κ3) is 3.18. The molecule has 1 atom stereocenters. The number of amides is 1. The van der Waals surface area contributed by atoms with Crippen LogP contribution in [0.2, 0.25) is 0 Å². The molecule has 1 aromatic carbocycles. The molecular formula is C17H17BrN2O3S. The highest BCUT2D eigenvalue weighted by molar-refractivity contribution is 9.11. The van der Waals surface area contributed by atoms with E-state index in [1.807, 2.05) is 25.1 Å². The van der Waals surface area contributed by atoms with Crippen LogP contribution in [-0.4, -0.2) is 21.9 Å². The molecule has 3 aromatic rings. The summed E-state index contributed by atoms with van der Waals surface area (Å²) >= 11 is 5.03. The van der Waals surface area contributed by atoms with Gasteiger partial charge in [-0.25, -0.2) is 4.79 Å². The van der Waals surface area contributed by atoms with E-state index in [1.165, 1.54) is 4.57 Å². The van der Waals surface area contributed by atoms with Gasteiger partial charge in [-0.1, -0.05) is 12.1 Å². The van der Waals surface area contributed by atoms with Crippen LogP contribution in [-0.2, 0) is 11.3 Å². The van der Waals surface area contributed by atoms with Crippen LogP contribution in [0.25, 0.3) is 11.1 Å². The lowest BCUT2D eigenvalue weighted by Gasteiger charge is -2.24. The van der Waals surface area contributed by atoms with E-state index in [-0.39, 0.29) is 5.91 Å². The van der Waals surface area contributed by atoms with Gasteiger partial charge in [0, 0.05) is 11.4 Å². The van der Waals surface area contributed by atoms with Gasteiger partial charge in [-0.15, -0.1) is 11.3 Å². The number of hydrogen-bond donors (Lipinski definition) is 0. The van der Waals surface area contributed by atoms with E-state index in [4.69, 9.17) is 4.42 Å². The van der Waals surface area contributed by atoms with E-state index >= 15 is 0 Å². The number of rotatable bonds is 5. The average molecular weight is 409 g/mol. The summed E-state index contributed by atoms with van der Waals surface area (Å²) < 4.78 is 7.69. The lowest BCUT2D eigenvalue weighted by Crippen LogP contribution is -2.37. The van der Waals surface area contributed by atoms with E-state index in [0.717, 1.165) is 8.66 Å². The molecule has 0 aliphatic carbocycles. The third-order valence-electron chi connectivity index (χ3n) is 3.93. The summed E-state index contributed by atoms with van der Waals surface area (Å²) in [6, 6.07) is 10.5. The molecule has 0 saturated heterocycles. The lowest BCUT2D eigenvalue weighted by molar-refractivity contribution is -0.134. The van der Waals surface area contributed by atoms with Crippen molar-refractivity contribution in [1.82, 2.24) is 9.47 Å². The second-order valence-corrected chi connectivity index (χ2v) is 7.99. The summed E-state index contributed by atoms with van der Waals surface area (Å²) in [4.78, 5) is 27.9. The first-order valence-corrected chi connectivity index (χ1v) is 9.25. The number of carbonyl (C=O) groups excluding carboxylic acids is 1. The van der Waals surface area contributed by atoms with E-state index in [9.17, 15) is 9.59 Å². The minimum Gasteiger partial charge on any atom is -0.408 e. The van der Waals surface area contributed by atoms with Crippen LogP contribution in [0.3, 0.4) is 0 Å². The first-order chi connectivity index (χ1) is 11.5. The minimum atomic E-state index is -0.621. The number of nitrogens with zero attached hydrogens (tertiary/aromatic N) is 2. The molecular weight excluding hydrogens is 392 g/mol. The highest BCUT2D eigenvalue weighted by atomic mass is 79.9. The Balaban J connectivity index is 1.89. The first-order valence-electron chi connectivity index (χ1n) is 7.64. The van der Waals surface area contributed by atoms with E-state index in [2.05, 4.69) is 15.9 Å². The third-order valence-corrected chi connectivity index (χ3v) is 5.54. The monoisotopic (exact) mass is 408 g/mol. The van der Waals surface area contributed by atoms with Crippen molar-refractivity contribution in [3.8, 4) is 0 Å². The lowest BCUT2D eigenvalue weighted by atomic mass is 10.2. The molecule has 0 fully saturated rings. The Morgan fingerprint density at radius 1 is 1.33 bits per heavy atom. The Bertz CT molecular complexity index is 927. The fourth-order valence-corrected chi connectivity index (χ4v) is 4.19. The number of carbonyl (C=O) groups is 1. The fourth-order valence-electron chi connectivity index (χ4n) is 2.70. The molecule has 0 radical (unpaired) electrons. The van der Waals surface area contributed by atoms with Crippen molar-refractivity contribution >= 4 is 44.3 Å². The molecule has 24 heavy (non-hydrogen) atoms. The maximum absolute atomic E-state index is 12.9. The molecule has 0 aliphatic rings. The highest BCUT2D eigenvalue weighted by Gasteiger charge is 2.25. The van der Waals surface area contributed by atoms with E-state index in [0.29, 0.717) is 24.2 Å². The molecule has 0 aliphatic heterocycles. The Hall–Kier alpha value is -1.86. The molecule has 2 aromatic heterocycles. The van der Waals surface area contributed by atoms with Gasteiger partial charge in [0.25, 0.3) is 0 Å². The van der Waals surface area contributed by atoms with Gasteiger partial charge in [0.2, 0.25) is 5.91 Å².